The van der Waals surface area contributed by atoms with E-state index in [0.717, 1.165) is 23.9 Å². The van der Waals surface area contributed by atoms with Crippen molar-refractivity contribution in [3.8, 4) is 0 Å². The fourth-order valence-corrected chi connectivity index (χ4v) is 1.85. The molecule has 0 aromatic carbocycles. The maximum absolute atomic E-state index is 4.49. The Morgan fingerprint density at radius 2 is 1.94 bits per heavy atom. The van der Waals surface area contributed by atoms with Crippen LogP contribution in [-0.2, 0) is 6.54 Å². The summed E-state index contributed by atoms with van der Waals surface area (Å²) >= 11 is 0. The van der Waals surface area contributed by atoms with Gasteiger partial charge in [0, 0.05) is 24.8 Å². The second kappa shape index (κ2) is 5.65. The van der Waals surface area contributed by atoms with E-state index in [0.29, 0.717) is 6.04 Å². The van der Waals surface area contributed by atoms with E-state index in [1.54, 1.807) is 0 Å². The van der Waals surface area contributed by atoms with Gasteiger partial charge in [-0.15, -0.1) is 0 Å². The van der Waals surface area contributed by atoms with Crippen molar-refractivity contribution in [2.75, 3.05) is 19.4 Å². The first-order valence-corrected chi connectivity index (χ1v) is 6.46. The van der Waals surface area contributed by atoms with Gasteiger partial charge >= 0.3 is 0 Å². The van der Waals surface area contributed by atoms with Crippen molar-refractivity contribution in [3.05, 3.63) is 17.6 Å². The van der Waals surface area contributed by atoms with Crippen LogP contribution in [0.15, 0.2) is 6.07 Å². The predicted octanol–water partition coefficient (Wildman–Crippen LogP) is 2.69. The van der Waals surface area contributed by atoms with Gasteiger partial charge in [0.2, 0.25) is 0 Å². The number of hydrogen-bond acceptors (Lipinski definition) is 4. The zero-order valence-electron chi connectivity index (χ0n) is 12.7. The zero-order chi connectivity index (χ0) is 13.9. The number of rotatable bonds is 4. The molecule has 1 aromatic heterocycles. The molecule has 0 radical (unpaired) electrons. The molecule has 102 valence electrons. The molecule has 1 aromatic rings. The van der Waals surface area contributed by atoms with Crippen molar-refractivity contribution in [1.29, 1.82) is 0 Å². The first-order valence-electron chi connectivity index (χ1n) is 6.46. The average molecular weight is 250 g/mol. The van der Waals surface area contributed by atoms with Crippen LogP contribution >= 0.6 is 0 Å². The van der Waals surface area contributed by atoms with Crippen LogP contribution < -0.4 is 5.32 Å². The van der Waals surface area contributed by atoms with Gasteiger partial charge in [-0.1, -0.05) is 20.8 Å². The maximum Gasteiger partial charge on any atom is 0.144 e. The van der Waals surface area contributed by atoms with Crippen molar-refractivity contribution in [2.24, 2.45) is 5.41 Å². The van der Waals surface area contributed by atoms with Gasteiger partial charge in [0.15, 0.2) is 0 Å². The molecule has 0 amide bonds. The molecule has 1 unspecified atom stereocenters. The summed E-state index contributed by atoms with van der Waals surface area (Å²) in [4.78, 5) is 11.3. The fourth-order valence-electron chi connectivity index (χ4n) is 1.85. The lowest BCUT2D eigenvalue weighted by Gasteiger charge is -2.35. The van der Waals surface area contributed by atoms with Crippen molar-refractivity contribution in [2.45, 2.75) is 47.2 Å². The molecule has 0 saturated carbocycles. The lowest BCUT2D eigenvalue weighted by atomic mass is 9.87. The fraction of sp³-hybridized carbons (Fsp3) is 0.714. The second-order valence-electron chi connectivity index (χ2n) is 6.02. The Bertz CT molecular complexity index is 395. The Morgan fingerprint density at radius 3 is 2.44 bits per heavy atom. The molecule has 0 saturated heterocycles. The lowest BCUT2D eigenvalue weighted by molar-refractivity contribution is 0.132. The van der Waals surface area contributed by atoms with Crippen molar-refractivity contribution in [3.63, 3.8) is 0 Å². The van der Waals surface area contributed by atoms with E-state index < -0.39 is 0 Å². The second-order valence-corrected chi connectivity index (χ2v) is 6.02. The van der Waals surface area contributed by atoms with Crippen molar-refractivity contribution >= 4 is 5.82 Å². The Kier molecular flexibility index (Phi) is 4.68. The molecule has 1 rings (SSSR count). The molecule has 1 N–H and O–H groups in total. The zero-order valence-corrected chi connectivity index (χ0v) is 12.7. The molecule has 0 aliphatic rings. The number of nitrogens with zero attached hydrogens (tertiary/aromatic N) is 3. The normalized spacial score (nSPS) is 13.8. The van der Waals surface area contributed by atoms with Crippen LogP contribution in [0.4, 0.5) is 5.82 Å². The first kappa shape index (κ1) is 14.9. The van der Waals surface area contributed by atoms with Gasteiger partial charge in [0.1, 0.15) is 11.6 Å². The van der Waals surface area contributed by atoms with Crippen LogP contribution in [-0.4, -0.2) is 35.0 Å². The molecule has 0 aliphatic heterocycles. The first-order chi connectivity index (χ1) is 8.24. The minimum atomic E-state index is 0.254. The molecule has 1 heterocycles. The molecule has 4 nitrogen and oxygen atoms in total. The predicted molar refractivity (Wildman–Crippen MR) is 76.7 cm³/mol. The molecule has 0 spiro atoms. The standard InChI is InChI=1S/C14H26N4/c1-10-8-12(15-6)17-13(16-10)9-18(7)11(2)14(3,4)5/h8,11H,9H2,1-7H3,(H,15,16,17). The Labute approximate surface area is 111 Å². The van der Waals surface area contributed by atoms with Crippen molar-refractivity contribution in [1.82, 2.24) is 14.9 Å². The van der Waals surface area contributed by atoms with Gasteiger partial charge in [0.25, 0.3) is 0 Å². The maximum atomic E-state index is 4.49. The van der Waals surface area contributed by atoms with Gasteiger partial charge < -0.3 is 5.32 Å². The quantitative estimate of drug-likeness (QED) is 0.892. The van der Waals surface area contributed by atoms with E-state index in [4.69, 9.17) is 0 Å². The Balaban J connectivity index is 2.81. The van der Waals surface area contributed by atoms with Crippen LogP contribution in [0.5, 0.6) is 0 Å². The number of aromatic nitrogens is 2. The van der Waals surface area contributed by atoms with Crippen LogP contribution in [0, 0.1) is 12.3 Å². The van der Waals surface area contributed by atoms with Crippen molar-refractivity contribution < 1.29 is 0 Å². The molecular formula is C14H26N4. The third-order valence-corrected chi connectivity index (χ3v) is 3.46. The summed E-state index contributed by atoms with van der Waals surface area (Å²) < 4.78 is 0. The third kappa shape index (κ3) is 3.95. The molecule has 18 heavy (non-hydrogen) atoms. The topological polar surface area (TPSA) is 41.1 Å². The minimum Gasteiger partial charge on any atom is -0.373 e. The van der Waals surface area contributed by atoms with Gasteiger partial charge in [0.05, 0.1) is 6.54 Å². The SMILES string of the molecule is CNc1cc(C)nc(CN(C)C(C)C(C)(C)C)n1. The Hall–Kier alpha value is -1.16. The van der Waals surface area contributed by atoms with Crippen LogP contribution in [0.25, 0.3) is 0 Å². The summed E-state index contributed by atoms with van der Waals surface area (Å²) in [5.74, 6) is 1.76. The molecule has 0 bridgehead atoms. The molecule has 4 heteroatoms. The van der Waals surface area contributed by atoms with E-state index >= 15 is 0 Å². The monoisotopic (exact) mass is 250 g/mol. The third-order valence-electron chi connectivity index (χ3n) is 3.46. The van der Waals surface area contributed by atoms with E-state index in [2.05, 4.69) is 54.9 Å². The smallest absolute Gasteiger partial charge is 0.144 e. The van der Waals surface area contributed by atoms with Crippen LogP contribution in [0.2, 0.25) is 0 Å². The van der Waals surface area contributed by atoms with Crippen LogP contribution in [0.1, 0.15) is 39.2 Å². The number of nitrogens with one attached hydrogen (secondary N) is 1. The minimum absolute atomic E-state index is 0.254. The number of hydrogen-bond donors (Lipinski definition) is 1. The largest absolute Gasteiger partial charge is 0.373 e. The summed E-state index contributed by atoms with van der Waals surface area (Å²) in [7, 11) is 4.01. The number of aryl methyl sites for hydroxylation is 1. The summed E-state index contributed by atoms with van der Waals surface area (Å²) in [6.07, 6.45) is 0. The van der Waals surface area contributed by atoms with E-state index in [1.807, 2.05) is 20.0 Å². The average Bonchev–Trinajstić information content (AvgIpc) is 2.25. The Morgan fingerprint density at radius 1 is 1.33 bits per heavy atom. The van der Waals surface area contributed by atoms with Gasteiger partial charge in [-0.3, -0.25) is 4.90 Å². The lowest BCUT2D eigenvalue weighted by Crippen LogP contribution is -2.39. The van der Waals surface area contributed by atoms with Gasteiger partial charge in [-0.2, -0.15) is 0 Å². The molecule has 0 aliphatic carbocycles. The molecule has 0 fully saturated rings. The molecular weight excluding hydrogens is 224 g/mol. The van der Waals surface area contributed by atoms with Gasteiger partial charge in [-0.25, -0.2) is 9.97 Å². The highest BCUT2D eigenvalue weighted by Gasteiger charge is 2.24. The summed E-state index contributed by atoms with van der Waals surface area (Å²) in [6, 6.07) is 2.43. The van der Waals surface area contributed by atoms with Crippen LogP contribution in [0.3, 0.4) is 0 Å². The van der Waals surface area contributed by atoms with Gasteiger partial charge in [-0.05, 0) is 26.3 Å². The highest BCUT2D eigenvalue weighted by atomic mass is 15.2. The van der Waals surface area contributed by atoms with E-state index in [1.165, 1.54) is 0 Å². The summed E-state index contributed by atoms with van der Waals surface area (Å²) in [6.45, 7) is 11.8. The summed E-state index contributed by atoms with van der Waals surface area (Å²) in [5, 5.41) is 3.07. The highest BCUT2D eigenvalue weighted by molar-refractivity contribution is 5.34. The number of anilines is 1. The highest BCUT2D eigenvalue weighted by Crippen LogP contribution is 2.23. The molecule has 1 atom stereocenters. The van der Waals surface area contributed by atoms with E-state index in [-0.39, 0.29) is 5.41 Å². The summed E-state index contributed by atoms with van der Waals surface area (Å²) in [5.41, 5.74) is 1.26. The van der Waals surface area contributed by atoms with E-state index in [9.17, 15) is 0 Å².